The van der Waals surface area contributed by atoms with E-state index in [-0.39, 0.29) is 31.6 Å². The van der Waals surface area contributed by atoms with Crippen molar-refractivity contribution in [1.82, 2.24) is 10.6 Å². The van der Waals surface area contributed by atoms with Gasteiger partial charge in [-0.2, -0.15) is 0 Å². The Morgan fingerprint density at radius 3 is 2.66 bits per heavy atom. The van der Waals surface area contributed by atoms with Crippen LogP contribution in [-0.2, 0) is 27.2 Å². The number of rotatable bonds is 11. The largest absolute Gasteiger partial charge is 0.459 e. The molecule has 4 rings (SSSR count). The minimum Gasteiger partial charge on any atom is -0.459 e. The van der Waals surface area contributed by atoms with Gasteiger partial charge in [0, 0.05) is 18.7 Å². The first-order valence-corrected chi connectivity index (χ1v) is 14.6. The molecule has 2 aromatic carbocycles. The van der Waals surface area contributed by atoms with Crippen molar-refractivity contribution in [3.05, 3.63) is 94.2 Å². The number of halogens is 1. The zero-order chi connectivity index (χ0) is 29.2. The smallest absolute Gasteiger partial charge is 0.407 e. The van der Waals surface area contributed by atoms with Crippen molar-refractivity contribution in [3.63, 3.8) is 0 Å². The van der Waals surface area contributed by atoms with Crippen molar-refractivity contribution in [2.24, 2.45) is 0 Å². The van der Waals surface area contributed by atoms with Crippen LogP contribution in [0.25, 0.3) is 0 Å². The van der Waals surface area contributed by atoms with Gasteiger partial charge in [0.05, 0.1) is 17.6 Å². The van der Waals surface area contributed by atoms with Crippen LogP contribution >= 0.6 is 15.9 Å². The van der Waals surface area contributed by atoms with E-state index in [0.29, 0.717) is 17.8 Å². The molecule has 10 heteroatoms. The molecule has 0 spiro atoms. The van der Waals surface area contributed by atoms with E-state index in [2.05, 4.69) is 33.5 Å². The van der Waals surface area contributed by atoms with Gasteiger partial charge in [-0.05, 0) is 58.6 Å². The number of nitrogens with zero attached hydrogens (tertiary/aromatic N) is 2. The molecule has 0 fully saturated rings. The Morgan fingerprint density at radius 2 is 1.88 bits per heavy atom. The third kappa shape index (κ3) is 8.37. The average molecular weight is 625 g/mol. The third-order valence-electron chi connectivity index (χ3n) is 6.67. The fourth-order valence-corrected chi connectivity index (χ4v) is 5.25. The number of aromatic nitrogens is 1. The van der Waals surface area contributed by atoms with E-state index in [0.717, 1.165) is 35.0 Å². The van der Waals surface area contributed by atoms with Crippen LogP contribution in [0.2, 0.25) is 0 Å². The van der Waals surface area contributed by atoms with Gasteiger partial charge < -0.3 is 25.0 Å². The van der Waals surface area contributed by atoms with Gasteiger partial charge in [-0.1, -0.05) is 49.4 Å². The fraction of sp³-hybridized carbons (Fsp3) is 0.355. The molecule has 1 aromatic heterocycles. The molecule has 2 amide bonds. The van der Waals surface area contributed by atoms with E-state index in [1.54, 1.807) is 17.9 Å². The first kappa shape index (κ1) is 30.2. The Balaban J connectivity index is 1.29. The third-order valence-corrected chi connectivity index (χ3v) is 7.11. The molecule has 9 nitrogen and oxygen atoms in total. The second-order valence-electron chi connectivity index (χ2n) is 9.87. The minimum atomic E-state index is -0.655. The maximum absolute atomic E-state index is 13.5. The van der Waals surface area contributed by atoms with Crippen LogP contribution in [0.1, 0.15) is 47.8 Å². The van der Waals surface area contributed by atoms with E-state index in [4.69, 9.17) is 9.47 Å². The molecule has 0 saturated carbocycles. The van der Waals surface area contributed by atoms with Crippen LogP contribution in [0.3, 0.4) is 0 Å². The Hall–Kier alpha value is -3.76. The number of alkyl carbamates (subject to hydrolysis) is 1. The van der Waals surface area contributed by atoms with Crippen molar-refractivity contribution in [1.29, 1.82) is 0 Å². The number of para-hydroxylation sites is 1. The van der Waals surface area contributed by atoms with Crippen LogP contribution < -0.4 is 20.1 Å². The second kappa shape index (κ2) is 14.7. The molecule has 2 atom stereocenters. The van der Waals surface area contributed by atoms with Gasteiger partial charge in [-0.25, -0.2) is 14.2 Å². The summed E-state index contributed by atoms with van der Waals surface area (Å²) in [7, 11) is 0. The predicted molar refractivity (Wildman–Crippen MR) is 159 cm³/mol. The number of pyridine rings is 1. The summed E-state index contributed by atoms with van der Waals surface area (Å²) in [6, 6.07) is 18.3. The Labute approximate surface area is 249 Å². The lowest BCUT2D eigenvalue weighted by Gasteiger charge is -2.26. The zero-order valence-corrected chi connectivity index (χ0v) is 24.9. The highest BCUT2D eigenvalue weighted by molar-refractivity contribution is 9.10. The standard InChI is InChI=1S/C31H35BrN4O5/c1-3-15-35-20-24(18-25(32)21-35)29(37)36(26-10-5-4-6-11-26)16-17-40-31(39)34-19-22(2)41-30(38)28-27-12-8-7-9-23(27)13-14-33-28/h4-12,18,20-22,28,33H,3,13-17,19H2,1-2H3/p+1. The molecular weight excluding hydrogens is 588 g/mol. The number of benzene rings is 2. The first-order chi connectivity index (χ1) is 19.9. The van der Waals surface area contributed by atoms with Gasteiger partial charge in [0.2, 0.25) is 0 Å². The van der Waals surface area contributed by atoms with Crippen LogP contribution in [0.4, 0.5) is 10.5 Å². The topological polar surface area (TPSA) is 101 Å². The quantitative estimate of drug-likeness (QED) is 0.243. The van der Waals surface area contributed by atoms with Gasteiger partial charge in [-0.15, -0.1) is 0 Å². The number of ether oxygens (including phenoxy) is 2. The van der Waals surface area contributed by atoms with Gasteiger partial charge in [0.15, 0.2) is 12.4 Å². The molecule has 3 aromatic rings. The van der Waals surface area contributed by atoms with E-state index in [9.17, 15) is 14.4 Å². The van der Waals surface area contributed by atoms with Crippen molar-refractivity contribution in [2.75, 3.05) is 31.1 Å². The number of nitrogens with one attached hydrogen (secondary N) is 2. The maximum atomic E-state index is 13.5. The van der Waals surface area contributed by atoms with Gasteiger partial charge in [0.1, 0.15) is 30.9 Å². The molecule has 216 valence electrons. The second-order valence-corrected chi connectivity index (χ2v) is 10.8. The molecule has 1 aliphatic rings. The highest BCUT2D eigenvalue weighted by Crippen LogP contribution is 2.24. The fourth-order valence-electron chi connectivity index (χ4n) is 4.74. The zero-order valence-electron chi connectivity index (χ0n) is 23.3. The minimum absolute atomic E-state index is 0.0215. The highest BCUT2D eigenvalue weighted by atomic mass is 79.9. The van der Waals surface area contributed by atoms with Crippen LogP contribution in [-0.4, -0.2) is 50.3 Å². The Kier molecular flexibility index (Phi) is 10.9. The number of hydrogen-bond acceptors (Lipinski definition) is 6. The monoisotopic (exact) mass is 623 g/mol. The predicted octanol–water partition coefficient (Wildman–Crippen LogP) is 4.34. The summed E-state index contributed by atoms with van der Waals surface area (Å²) in [6.45, 7) is 5.50. The van der Waals surface area contributed by atoms with E-state index >= 15 is 0 Å². The Bertz CT molecular complexity index is 1350. The molecule has 2 unspecified atom stereocenters. The van der Waals surface area contributed by atoms with Crippen LogP contribution in [0.5, 0.6) is 0 Å². The number of aryl methyl sites for hydroxylation is 1. The number of carbonyl (C=O) groups excluding carboxylic acids is 3. The lowest BCUT2D eigenvalue weighted by Crippen LogP contribution is -2.40. The first-order valence-electron chi connectivity index (χ1n) is 13.8. The summed E-state index contributed by atoms with van der Waals surface area (Å²) in [6.07, 6.45) is 4.34. The normalized spacial score (nSPS) is 14.9. The molecule has 1 aliphatic heterocycles. The summed E-state index contributed by atoms with van der Waals surface area (Å²) < 4.78 is 13.7. The van der Waals surface area contributed by atoms with Crippen molar-refractivity contribution < 1.29 is 28.4 Å². The lowest BCUT2D eigenvalue weighted by molar-refractivity contribution is -0.697. The number of esters is 1. The van der Waals surface area contributed by atoms with Gasteiger partial charge in [0.25, 0.3) is 5.91 Å². The molecule has 0 bridgehead atoms. The number of fused-ring (bicyclic) bond motifs is 1. The van der Waals surface area contributed by atoms with Crippen molar-refractivity contribution >= 4 is 39.6 Å². The molecule has 2 heterocycles. The molecular formula is C31H36BrN4O5+. The summed E-state index contributed by atoms with van der Waals surface area (Å²) in [4.78, 5) is 40.3. The molecule has 0 radical (unpaired) electrons. The number of hydrogen-bond donors (Lipinski definition) is 2. The van der Waals surface area contributed by atoms with E-state index in [1.807, 2.05) is 71.6 Å². The summed E-state index contributed by atoms with van der Waals surface area (Å²) in [5.41, 5.74) is 3.27. The Morgan fingerprint density at radius 1 is 1.12 bits per heavy atom. The summed E-state index contributed by atoms with van der Waals surface area (Å²) in [5.74, 6) is -0.588. The maximum Gasteiger partial charge on any atom is 0.407 e. The van der Waals surface area contributed by atoms with Gasteiger partial charge in [-0.3, -0.25) is 4.79 Å². The lowest BCUT2D eigenvalue weighted by atomic mass is 9.94. The number of anilines is 1. The summed E-state index contributed by atoms with van der Waals surface area (Å²) in [5, 5.41) is 5.85. The SMILES string of the molecule is CCC[n+]1cc(Br)cc(C(=O)N(CCOC(=O)NCC(C)OC(=O)C2NCCc3ccccc32)c2ccccc2)c1. The number of carbonyl (C=O) groups is 3. The molecule has 41 heavy (non-hydrogen) atoms. The molecule has 0 saturated heterocycles. The van der Waals surface area contributed by atoms with Crippen LogP contribution in [0.15, 0.2) is 77.5 Å². The summed E-state index contributed by atoms with van der Waals surface area (Å²) >= 11 is 3.50. The van der Waals surface area contributed by atoms with Crippen molar-refractivity contribution in [3.8, 4) is 0 Å². The highest BCUT2D eigenvalue weighted by Gasteiger charge is 2.28. The van der Waals surface area contributed by atoms with E-state index in [1.165, 1.54) is 0 Å². The number of amides is 2. The van der Waals surface area contributed by atoms with Gasteiger partial charge >= 0.3 is 12.1 Å². The van der Waals surface area contributed by atoms with Crippen molar-refractivity contribution in [2.45, 2.75) is 45.4 Å². The van der Waals surface area contributed by atoms with Crippen LogP contribution in [0, 0.1) is 0 Å². The average Bonchev–Trinajstić information content (AvgIpc) is 2.98. The molecule has 2 N–H and O–H groups in total. The van der Waals surface area contributed by atoms with E-state index < -0.39 is 18.2 Å². The molecule has 0 aliphatic carbocycles.